The van der Waals surface area contributed by atoms with Crippen LogP contribution in [0.25, 0.3) is 0 Å². The van der Waals surface area contributed by atoms with Crippen LogP contribution in [0, 0.1) is 0 Å². The highest BCUT2D eigenvalue weighted by Gasteiger charge is 2.18. The molecule has 10 heteroatoms. The van der Waals surface area contributed by atoms with E-state index in [4.69, 9.17) is 4.74 Å². The summed E-state index contributed by atoms with van der Waals surface area (Å²) in [5.41, 5.74) is 2.01. The van der Waals surface area contributed by atoms with E-state index in [9.17, 15) is 18.0 Å². The maximum Gasteiger partial charge on any atom is 0.254 e. The number of amides is 2. The third-order valence-corrected chi connectivity index (χ3v) is 6.56. The van der Waals surface area contributed by atoms with Crippen LogP contribution in [0.2, 0.25) is 0 Å². The predicted molar refractivity (Wildman–Crippen MR) is 122 cm³/mol. The molecule has 172 valence electrons. The summed E-state index contributed by atoms with van der Waals surface area (Å²) in [5.74, 6) is -0.707. The van der Waals surface area contributed by atoms with E-state index in [1.54, 1.807) is 6.92 Å². The number of benzene rings is 2. The summed E-state index contributed by atoms with van der Waals surface area (Å²) in [4.78, 5) is 28.6. The highest BCUT2D eigenvalue weighted by atomic mass is 32.2. The van der Waals surface area contributed by atoms with Crippen molar-refractivity contribution in [3.05, 3.63) is 54.1 Å². The summed E-state index contributed by atoms with van der Waals surface area (Å²) >= 11 is 0. The van der Waals surface area contributed by atoms with E-state index in [1.807, 2.05) is 24.3 Å². The molecule has 0 atom stereocenters. The van der Waals surface area contributed by atoms with Crippen LogP contribution in [-0.4, -0.2) is 71.6 Å². The Morgan fingerprint density at radius 1 is 1.03 bits per heavy atom. The summed E-state index contributed by atoms with van der Waals surface area (Å²) in [7, 11) is -2.06. The number of anilines is 2. The molecular formula is C22H28N4O5S. The highest BCUT2D eigenvalue weighted by Crippen LogP contribution is 2.19. The van der Waals surface area contributed by atoms with Crippen LogP contribution in [0.15, 0.2) is 53.4 Å². The van der Waals surface area contributed by atoms with Crippen molar-refractivity contribution in [1.82, 2.24) is 9.62 Å². The van der Waals surface area contributed by atoms with Gasteiger partial charge in [-0.2, -0.15) is 0 Å². The zero-order valence-corrected chi connectivity index (χ0v) is 19.0. The molecule has 1 aliphatic rings. The lowest BCUT2D eigenvalue weighted by atomic mass is 10.2. The van der Waals surface area contributed by atoms with Gasteiger partial charge in [0.05, 0.1) is 24.7 Å². The molecule has 9 nitrogen and oxygen atoms in total. The molecular weight excluding hydrogens is 432 g/mol. The van der Waals surface area contributed by atoms with E-state index < -0.39 is 10.0 Å². The summed E-state index contributed by atoms with van der Waals surface area (Å²) in [6.45, 7) is 4.90. The molecule has 2 amide bonds. The largest absolute Gasteiger partial charge is 0.378 e. The van der Waals surface area contributed by atoms with Gasteiger partial charge in [-0.25, -0.2) is 13.1 Å². The summed E-state index contributed by atoms with van der Waals surface area (Å²) in [6.07, 6.45) is 0. The Bertz CT molecular complexity index is 1030. The molecule has 32 heavy (non-hydrogen) atoms. The first-order chi connectivity index (χ1) is 15.3. The maximum atomic E-state index is 12.6. The third-order valence-electron chi connectivity index (χ3n) is 5.00. The normalized spacial score (nSPS) is 14.1. The molecule has 3 rings (SSSR count). The van der Waals surface area contributed by atoms with Crippen molar-refractivity contribution >= 4 is 33.2 Å². The van der Waals surface area contributed by atoms with Gasteiger partial charge < -0.3 is 19.9 Å². The van der Waals surface area contributed by atoms with E-state index >= 15 is 0 Å². The maximum absolute atomic E-state index is 12.6. The summed E-state index contributed by atoms with van der Waals surface area (Å²) < 4.78 is 31.8. The van der Waals surface area contributed by atoms with Crippen LogP contribution in [0.1, 0.15) is 17.3 Å². The van der Waals surface area contributed by atoms with Gasteiger partial charge in [0, 0.05) is 43.6 Å². The second-order valence-electron chi connectivity index (χ2n) is 7.38. The first kappa shape index (κ1) is 23.7. The standard InChI is InChI=1S/C22H28N4O5S/c1-3-23-32(29,30)20-10-4-17(5-11-20)22(28)25(2)16-21(27)24-18-6-8-19(9-7-18)26-12-14-31-15-13-26/h4-11,23H,3,12-16H2,1-2H3,(H,24,27). The second kappa shape index (κ2) is 10.6. The number of hydrogen-bond acceptors (Lipinski definition) is 6. The fourth-order valence-corrected chi connectivity index (χ4v) is 4.38. The Hall–Kier alpha value is -2.95. The van der Waals surface area contributed by atoms with Gasteiger partial charge in [0.15, 0.2) is 0 Å². The number of sulfonamides is 1. The van der Waals surface area contributed by atoms with Crippen LogP contribution in [0.5, 0.6) is 0 Å². The van der Waals surface area contributed by atoms with Gasteiger partial charge in [-0.15, -0.1) is 0 Å². The van der Waals surface area contributed by atoms with Crippen molar-refractivity contribution in [3.63, 3.8) is 0 Å². The topological polar surface area (TPSA) is 108 Å². The molecule has 2 aromatic carbocycles. The van der Waals surface area contributed by atoms with Crippen LogP contribution in [0.4, 0.5) is 11.4 Å². The lowest BCUT2D eigenvalue weighted by Crippen LogP contribution is -2.36. The quantitative estimate of drug-likeness (QED) is 0.619. The highest BCUT2D eigenvalue weighted by molar-refractivity contribution is 7.89. The molecule has 1 heterocycles. The monoisotopic (exact) mass is 460 g/mol. The van der Waals surface area contributed by atoms with Gasteiger partial charge in [-0.05, 0) is 48.5 Å². The molecule has 0 spiro atoms. The van der Waals surface area contributed by atoms with Crippen molar-refractivity contribution in [1.29, 1.82) is 0 Å². The Kier molecular flexibility index (Phi) is 7.84. The average molecular weight is 461 g/mol. The fourth-order valence-electron chi connectivity index (χ4n) is 3.34. The van der Waals surface area contributed by atoms with Gasteiger partial charge in [0.2, 0.25) is 15.9 Å². The minimum atomic E-state index is -3.59. The number of hydrogen-bond donors (Lipinski definition) is 2. The Balaban J connectivity index is 1.55. The molecule has 0 bridgehead atoms. The smallest absolute Gasteiger partial charge is 0.254 e. The Morgan fingerprint density at radius 2 is 1.66 bits per heavy atom. The van der Waals surface area contributed by atoms with E-state index in [0.29, 0.717) is 24.5 Å². The molecule has 2 aromatic rings. The van der Waals surface area contributed by atoms with Gasteiger partial charge in [-0.3, -0.25) is 9.59 Å². The van der Waals surface area contributed by atoms with Crippen LogP contribution < -0.4 is 14.9 Å². The number of carbonyl (C=O) groups excluding carboxylic acids is 2. The van der Waals surface area contributed by atoms with E-state index in [0.717, 1.165) is 18.8 Å². The average Bonchev–Trinajstić information content (AvgIpc) is 2.79. The SMILES string of the molecule is CCNS(=O)(=O)c1ccc(C(=O)N(C)CC(=O)Nc2ccc(N3CCOCC3)cc2)cc1. The van der Waals surface area contributed by atoms with Crippen LogP contribution in [-0.2, 0) is 19.6 Å². The van der Waals surface area contributed by atoms with Gasteiger partial charge in [0.1, 0.15) is 0 Å². The van der Waals surface area contributed by atoms with Crippen molar-refractivity contribution in [2.45, 2.75) is 11.8 Å². The number of nitrogens with zero attached hydrogens (tertiary/aromatic N) is 2. The van der Waals surface area contributed by atoms with E-state index in [-0.39, 0.29) is 29.8 Å². The van der Waals surface area contributed by atoms with Crippen molar-refractivity contribution < 1.29 is 22.7 Å². The molecule has 0 aliphatic carbocycles. The molecule has 0 unspecified atom stereocenters. The lowest BCUT2D eigenvalue weighted by Gasteiger charge is -2.28. The second-order valence-corrected chi connectivity index (χ2v) is 9.15. The summed E-state index contributed by atoms with van der Waals surface area (Å²) in [6, 6.07) is 13.2. The Morgan fingerprint density at radius 3 is 2.25 bits per heavy atom. The molecule has 2 N–H and O–H groups in total. The molecule has 0 radical (unpaired) electrons. The predicted octanol–water partition coefficient (Wildman–Crippen LogP) is 1.53. The van der Waals surface area contributed by atoms with Gasteiger partial charge in [-0.1, -0.05) is 6.92 Å². The number of likely N-dealkylation sites (N-methyl/N-ethyl adjacent to an activating group) is 1. The molecule has 0 aromatic heterocycles. The third kappa shape index (κ3) is 6.06. The number of carbonyl (C=O) groups is 2. The zero-order valence-electron chi connectivity index (χ0n) is 18.2. The Labute approximate surface area is 188 Å². The van der Waals surface area contributed by atoms with E-state index in [2.05, 4.69) is 14.9 Å². The van der Waals surface area contributed by atoms with Crippen molar-refractivity contribution in [2.75, 3.05) is 56.7 Å². The summed E-state index contributed by atoms with van der Waals surface area (Å²) in [5, 5.41) is 2.79. The molecule has 1 fully saturated rings. The first-order valence-corrected chi connectivity index (χ1v) is 11.9. The van der Waals surface area contributed by atoms with Crippen molar-refractivity contribution in [3.8, 4) is 0 Å². The molecule has 1 aliphatic heterocycles. The number of morpholine rings is 1. The van der Waals surface area contributed by atoms with E-state index in [1.165, 1.54) is 36.2 Å². The minimum Gasteiger partial charge on any atom is -0.378 e. The number of rotatable bonds is 8. The minimum absolute atomic E-state index is 0.0804. The van der Waals surface area contributed by atoms with Crippen LogP contribution in [0.3, 0.4) is 0 Å². The molecule has 1 saturated heterocycles. The zero-order chi connectivity index (χ0) is 23.1. The fraction of sp³-hybridized carbons (Fsp3) is 0.364. The van der Waals surface area contributed by atoms with Gasteiger partial charge in [0.25, 0.3) is 5.91 Å². The number of ether oxygens (including phenoxy) is 1. The van der Waals surface area contributed by atoms with Crippen LogP contribution >= 0.6 is 0 Å². The molecule has 0 saturated carbocycles. The lowest BCUT2D eigenvalue weighted by molar-refractivity contribution is -0.116. The van der Waals surface area contributed by atoms with Gasteiger partial charge >= 0.3 is 0 Å². The van der Waals surface area contributed by atoms with Crippen molar-refractivity contribution in [2.24, 2.45) is 0 Å². The number of nitrogens with one attached hydrogen (secondary N) is 2. The first-order valence-electron chi connectivity index (χ1n) is 10.4.